The fraction of sp³-hybridized carbons (Fsp3) is 0.182. The number of benzene rings is 1. The Morgan fingerprint density at radius 3 is 2.29 bits per heavy atom. The highest BCUT2D eigenvalue weighted by molar-refractivity contribution is 5.79. The molecule has 1 rings (SSSR count). The van der Waals surface area contributed by atoms with Crippen LogP contribution in [0.4, 0.5) is 5.69 Å². The van der Waals surface area contributed by atoms with Gasteiger partial charge in [-0.2, -0.15) is 5.26 Å². The molecular formula is C11H10N2O4. The second kappa shape index (κ2) is 5.51. The van der Waals surface area contributed by atoms with Gasteiger partial charge in [0.2, 0.25) is 0 Å². The van der Waals surface area contributed by atoms with Crippen molar-refractivity contribution < 1.29 is 19.8 Å². The van der Waals surface area contributed by atoms with Crippen molar-refractivity contribution in [2.45, 2.75) is 0 Å². The second-order valence-corrected chi connectivity index (χ2v) is 3.31. The van der Waals surface area contributed by atoms with E-state index in [1.165, 1.54) is 11.0 Å². The molecule has 2 N–H and O–H groups in total. The summed E-state index contributed by atoms with van der Waals surface area (Å²) in [5, 5.41) is 26.1. The van der Waals surface area contributed by atoms with E-state index in [1.807, 2.05) is 6.07 Å². The van der Waals surface area contributed by atoms with Crippen LogP contribution in [0.15, 0.2) is 24.3 Å². The molecule has 0 saturated carbocycles. The van der Waals surface area contributed by atoms with Crippen molar-refractivity contribution >= 4 is 17.6 Å². The van der Waals surface area contributed by atoms with Crippen molar-refractivity contribution in [2.75, 3.05) is 18.0 Å². The number of carbonyl (C=O) groups is 2. The topological polar surface area (TPSA) is 102 Å². The first-order chi connectivity index (χ1) is 8.02. The molecule has 0 bridgehead atoms. The van der Waals surface area contributed by atoms with Gasteiger partial charge in [-0.05, 0) is 18.2 Å². The molecule has 0 saturated heterocycles. The van der Waals surface area contributed by atoms with Crippen LogP contribution in [0.25, 0.3) is 0 Å². The van der Waals surface area contributed by atoms with Gasteiger partial charge in [0.05, 0.1) is 11.6 Å². The van der Waals surface area contributed by atoms with Crippen LogP contribution in [0, 0.1) is 11.3 Å². The monoisotopic (exact) mass is 234 g/mol. The minimum atomic E-state index is -1.13. The van der Waals surface area contributed by atoms with Gasteiger partial charge in [-0.15, -0.1) is 0 Å². The van der Waals surface area contributed by atoms with Crippen LogP contribution >= 0.6 is 0 Å². The highest BCUT2D eigenvalue weighted by Crippen LogP contribution is 2.15. The fourth-order valence-corrected chi connectivity index (χ4v) is 1.34. The minimum Gasteiger partial charge on any atom is -0.480 e. The molecule has 0 fully saturated rings. The lowest BCUT2D eigenvalue weighted by Crippen LogP contribution is -2.34. The molecule has 0 spiro atoms. The van der Waals surface area contributed by atoms with E-state index in [9.17, 15) is 9.59 Å². The van der Waals surface area contributed by atoms with Gasteiger partial charge in [-0.1, -0.05) is 6.07 Å². The zero-order chi connectivity index (χ0) is 12.8. The van der Waals surface area contributed by atoms with E-state index in [0.29, 0.717) is 11.3 Å². The number of carboxylic acids is 2. The van der Waals surface area contributed by atoms with Gasteiger partial charge in [0.25, 0.3) is 0 Å². The predicted octanol–water partition coefficient (Wildman–Crippen LogP) is 0.534. The molecule has 1 aromatic carbocycles. The highest BCUT2D eigenvalue weighted by atomic mass is 16.4. The number of hydrogen-bond donors (Lipinski definition) is 2. The second-order valence-electron chi connectivity index (χ2n) is 3.31. The van der Waals surface area contributed by atoms with Gasteiger partial charge in [-0.3, -0.25) is 9.59 Å². The van der Waals surface area contributed by atoms with E-state index < -0.39 is 25.0 Å². The van der Waals surface area contributed by atoms with Crippen LogP contribution in [0.1, 0.15) is 5.56 Å². The van der Waals surface area contributed by atoms with Crippen LogP contribution < -0.4 is 4.90 Å². The number of carboxylic acid groups (broad SMARTS) is 2. The molecule has 0 atom stereocenters. The number of anilines is 1. The third kappa shape index (κ3) is 3.83. The summed E-state index contributed by atoms with van der Waals surface area (Å²) >= 11 is 0. The summed E-state index contributed by atoms with van der Waals surface area (Å²) in [5.41, 5.74) is 0.747. The lowest BCUT2D eigenvalue weighted by Gasteiger charge is -2.20. The first-order valence-corrected chi connectivity index (χ1v) is 4.71. The molecule has 0 aliphatic rings. The molecule has 0 amide bonds. The lowest BCUT2D eigenvalue weighted by molar-refractivity contribution is -0.136. The van der Waals surface area contributed by atoms with E-state index >= 15 is 0 Å². The summed E-state index contributed by atoms with van der Waals surface area (Å²) in [4.78, 5) is 22.4. The molecule has 1 aromatic rings. The van der Waals surface area contributed by atoms with Crippen molar-refractivity contribution in [1.82, 2.24) is 0 Å². The summed E-state index contributed by atoms with van der Waals surface area (Å²) in [6.07, 6.45) is 0. The van der Waals surface area contributed by atoms with Crippen molar-refractivity contribution in [1.29, 1.82) is 5.26 Å². The number of nitriles is 1. The maximum atomic E-state index is 10.6. The number of nitrogens with zero attached hydrogens (tertiary/aromatic N) is 2. The largest absolute Gasteiger partial charge is 0.480 e. The molecule has 0 aromatic heterocycles. The van der Waals surface area contributed by atoms with E-state index in [-0.39, 0.29) is 0 Å². The molecule has 0 unspecified atom stereocenters. The van der Waals surface area contributed by atoms with Crippen LogP contribution in [-0.2, 0) is 9.59 Å². The number of aliphatic carboxylic acids is 2. The summed E-state index contributed by atoms with van der Waals surface area (Å²) < 4.78 is 0. The van der Waals surface area contributed by atoms with Crippen LogP contribution in [0.3, 0.4) is 0 Å². The Labute approximate surface area is 97.3 Å². The van der Waals surface area contributed by atoms with Crippen molar-refractivity contribution in [3.8, 4) is 6.07 Å². The quantitative estimate of drug-likeness (QED) is 0.770. The van der Waals surface area contributed by atoms with Gasteiger partial charge >= 0.3 is 11.9 Å². The molecule has 0 aliphatic carbocycles. The maximum Gasteiger partial charge on any atom is 0.323 e. The number of rotatable bonds is 5. The van der Waals surface area contributed by atoms with Crippen molar-refractivity contribution in [3.05, 3.63) is 29.8 Å². The molecule has 0 heterocycles. The Bertz CT molecular complexity index is 463. The zero-order valence-electron chi connectivity index (χ0n) is 8.83. The third-order valence-corrected chi connectivity index (χ3v) is 1.99. The molecule has 88 valence electrons. The molecule has 0 aliphatic heterocycles. The van der Waals surface area contributed by atoms with Gasteiger partial charge in [0.15, 0.2) is 0 Å². The van der Waals surface area contributed by atoms with Gasteiger partial charge in [0, 0.05) is 5.69 Å². The van der Waals surface area contributed by atoms with Crippen molar-refractivity contribution in [3.63, 3.8) is 0 Å². The Balaban J connectivity index is 2.99. The average molecular weight is 234 g/mol. The predicted molar refractivity (Wildman–Crippen MR) is 58.6 cm³/mol. The summed E-state index contributed by atoms with van der Waals surface area (Å²) in [5.74, 6) is -2.26. The first-order valence-electron chi connectivity index (χ1n) is 4.71. The third-order valence-electron chi connectivity index (χ3n) is 1.99. The van der Waals surface area contributed by atoms with E-state index in [1.54, 1.807) is 18.2 Å². The zero-order valence-corrected chi connectivity index (χ0v) is 8.83. The SMILES string of the molecule is N#Cc1cccc(N(CC(=O)O)CC(=O)O)c1. The van der Waals surface area contributed by atoms with Gasteiger partial charge < -0.3 is 15.1 Å². The number of hydrogen-bond acceptors (Lipinski definition) is 4. The summed E-state index contributed by atoms with van der Waals surface area (Å²) in [6.45, 7) is -0.859. The minimum absolute atomic E-state index is 0.350. The maximum absolute atomic E-state index is 10.6. The fourth-order valence-electron chi connectivity index (χ4n) is 1.34. The molecular weight excluding hydrogens is 224 g/mol. The average Bonchev–Trinajstić information content (AvgIpc) is 2.27. The van der Waals surface area contributed by atoms with E-state index in [4.69, 9.17) is 15.5 Å². The lowest BCUT2D eigenvalue weighted by atomic mass is 10.2. The Morgan fingerprint density at radius 1 is 1.24 bits per heavy atom. The van der Waals surface area contributed by atoms with Crippen LogP contribution in [-0.4, -0.2) is 35.2 Å². The Hall–Kier alpha value is -2.55. The summed E-state index contributed by atoms with van der Waals surface area (Å²) in [6, 6.07) is 8.05. The molecule has 17 heavy (non-hydrogen) atoms. The summed E-state index contributed by atoms with van der Waals surface area (Å²) in [7, 11) is 0. The smallest absolute Gasteiger partial charge is 0.323 e. The van der Waals surface area contributed by atoms with Gasteiger partial charge in [0.1, 0.15) is 13.1 Å². The standard InChI is InChI=1S/C11H10N2O4/c12-5-8-2-1-3-9(4-8)13(6-10(14)15)7-11(16)17/h1-4H,6-7H2,(H,14,15)(H,16,17). The van der Waals surface area contributed by atoms with E-state index in [2.05, 4.69) is 0 Å². The highest BCUT2D eigenvalue weighted by Gasteiger charge is 2.14. The van der Waals surface area contributed by atoms with Gasteiger partial charge in [-0.25, -0.2) is 0 Å². The molecule has 6 nitrogen and oxygen atoms in total. The van der Waals surface area contributed by atoms with Crippen LogP contribution in [0.5, 0.6) is 0 Å². The Kier molecular flexibility index (Phi) is 4.06. The van der Waals surface area contributed by atoms with E-state index in [0.717, 1.165) is 0 Å². The normalized spacial score (nSPS) is 9.35. The molecule has 6 heteroatoms. The Morgan fingerprint density at radius 2 is 1.82 bits per heavy atom. The van der Waals surface area contributed by atoms with Crippen molar-refractivity contribution in [2.24, 2.45) is 0 Å². The first kappa shape index (κ1) is 12.5. The van der Waals surface area contributed by atoms with Crippen LogP contribution in [0.2, 0.25) is 0 Å². The molecule has 0 radical (unpaired) electrons.